The molecule has 1 amide bonds. The summed E-state index contributed by atoms with van der Waals surface area (Å²) in [4.78, 5) is 11.6. The molecular weight excluding hydrogens is 248 g/mol. The molecule has 1 aromatic carbocycles. The number of nitrogens with zero attached hydrogens (tertiary/aromatic N) is 2. The lowest BCUT2D eigenvalue weighted by Gasteiger charge is -2.06. The second-order valence-corrected chi connectivity index (χ2v) is 3.71. The van der Waals surface area contributed by atoms with Crippen molar-refractivity contribution in [1.82, 2.24) is 10.2 Å². The van der Waals surface area contributed by atoms with E-state index in [4.69, 9.17) is 14.9 Å². The van der Waals surface area contributed by atoms with Crippen molar-refractivity contribution in [3.05, 3.63) is 30.7 Å². The van der Waals surface area contributed by atoms with E-state index in [-0.39, 0.29) is 12.5 Å². The smallest absolute Gasteiger partial charge is 0.250 e. The van der Waals surface area contributed by atoms with Crippen LogP contribution in [0.25, 0.3) is 11.5 Å². The first-order valence-corrected chi connectivity index (χ1v) is 5.74. The van der Waals surface area contributed by atoms with Crippen molar-refractivity contribution in [2.24, 2.45) is 5.73 Å². The third-order valence-corrected chi connectivity index (χ3v) is 2.25. The van der Waals surface area contributed by atoms with Gasteiger partial charge in [0.25, 0.3) is 0 Å². The molecule has 2 aromatic rings. The van der Waals surface area contributed by atoms with Crippen LogP contribution in [0.15, 0.2) is 35.1 Å². The highest BCUT2D eigenvalue weighted by molar-refractivity contribution is 5.92. The molecule has 7 heteroatoms. The quantitative estimate of drug-likeness (QED) is 0.741. The number of anilines is 1. The average molecular weight is 262 g/mol. The molecule has 0 aliphatic heterocycles. The molecule has 19 heavy (non-hydrogen) atoms. The van der Waals surface area contributed by atoms with Crippen molar-refractivity contribution < 1.29 is 13.9 Å². The van der Waals surface area contributed by atoms with Gasteiger partial charge in [0.1, 0.15) is 6.61 Å². The highest BCUT2D eigenvalue weighted by Crippen LogP contribution is 2.20. The topological polar surface area (TPSA) is 103 Å². The van der Waals surface area contributed by atoms with Gasteiger partial charge in [-0.05, 0) is 18.2 Å². The summed E-state index contributed by atoms with van der Waals surface area (Å²) in [6.07, 6.45) is 1.25. The van der Waals surface area contributed by atoms with Crippen LogP contribution in [0.5, 0.6) is 0 Å². The normalized spacial score (nSPS) is 10.4. The van der Waals surface area contributed by atoms with Gasteiger partial charge in [-0.2, -0.15) is 0 Å². The minimum Gasteiger partial charge on any atom is -0.423 e. The summed E-state index contributed by atoms with van der Waals surface area (Å²) in [6, 6.07) is 7.11. The molecule has 0 bridgehead atoms. The number of benzene rings is 1. The lowest BCUT2D eigenvalue weighted by molar-refractivity contribution is -0.120. The number of nitrogens with one attached hydrogen (secondary N) is 1. The maximum Gasteiger partial charge on any atom is 0.250 e. The van der Waals surface area contributed by atoms with Gasteiger partial charge >= 0.3 is 0 Å². The number of nitrogens with two attached hydrogens (primary N) is 1. The van der Waals surface area contributed by atoms with Crippen molar-refractivity contribution >= 4 is 11.6 Å². The van der Waals surface area contributed by atoms with Crippen LogP contribution in [0.4, 0.5) is 5.69 Å². The van der Waals surface area contributed by atoms with E-state index >= 15 is 0 Å². The Bertz CT molecular complexity index is 528. The van der Waals surface area contributed by atoms with Gasteiger partial charge in [0.15, 0.2) is 0 Å². The lowest BCUT2D eigenvalue weighted by Crippen LogP contribution is -2.20. The number of carbonyl (C=O) groups is 1. The minimum absolute atomic E-state index is 0.0258. The first kappa shape index (κ1) is 13.2. The van der Waals surface area contributed by atoms with E-state index in [0.717, 1.165) is 5.56 Å². The largest absolute Gasteiger partial charge is 0.423 e. The molecule has 0 saturated carbocycles. The Hall–Kier alpha value is -2.25. The predicted molar refractivity (Wildman–Crippen MR) is 68.2 cm³/mol. The molecule has 2 rings (SSSR count). The van der Waals surface area contributed by atoms with E-state index in [1.807, 2.05) is 6.07 Å². The number of hydrogen-bond acceptors (Lipinski definition) is 6. The first-order valence-electron chi connectivity index (χ1n) is 5.74. The second-order valence-electron chi connectivity index (χ2n) is 3.71. The molecule has 0 aliphatic rings. The summed E-state index contributed by atoms with van der Waals surface area (Å²) < 4.78 is 10.1. The van der Waals surface area contributed by atoms with E-state index in [1.165, 1.54) is 6.39 Å². The molecule has 1 aromatic heterocycles. The van der Waals surface area contributed by atoms with Gasteiger partial charge in [-0.15, -0.1) is 10.2 Å². The zero-order valence-corrected chi connectivity index (χ0v) is 10.2. The van der Waals surface area contributed by atoms with Crippen LogP contribution in [0.2, 0.25) is 0 Å². The number of ether oxygens (including phenoxy) is 1. The molecule has 1 heterocycles. The SMILES string of the molecule is NCCOCC(=O)Nc1cccc(-c2nnco2)c1. The summed E-state index contributed by atoms with van der Waals surface area (Å²) in [7, 11) is 0. The maximum atomic E-state index is 11.6. The molecule has 0 spiro atoms. The van der Waals surface area contributed by atoms with Gasteiger partial charge in [0.05, 0.1) is 6.61 Å². The van der Waals surface area contributed by atoms with Gasteiger partial charge in [-0.1, -0.05) is 6.07 Å². The summed E-state index contributed by atoms with van der Waals surface area (Å²) in [5, 5.41) is 10.1. The molecule has 0 saturated heterocycles. The standard InChI is InChI=1S/C12H14N4O3/c13-4-5-18-7-11(17)15-10-3-1-2-9(6-10)12-16-14-8-19-12/h1-3,6,8H,4-5,7,13H2,(H,15,17). The third-order valence-electron chi connectivity index (χ3n) is 2.25. The van der Waals surface area contributed by atoms with E-state index in [0.29, 0.717) is 24.7 Å². The zero-order chi connectivity index (χ0) is 13.5. The third kappa shape index (κ3) is 3.87. The Morgan fingerprint density at radius 1 is 1.47 bits per heavy atom. The van der Waals surface area contributed by atoms with Crippen molar-refractivity contribution in [3.63, 3.8) is 0 Å². The molecule has 0 radical (unpaired) electrons. The summed E-state index contributed by atoms with van der Waals surface area (Å²) in [6.45, 7) is 0.720. The van der Waals surface area contributed by atoms with Crippen LogP contribution in [0.1, 0.15) is 0 Å². The highest BCUT2D eigenvalue weighted by atomic mass is 16.5. The number of hydrogen-bond donors (Lipinski definition) is 2. The van der Waals surface area contributed by atoms with E-state index in [2.05, 4.69) is 15.5 Å². The summed E-state index contributed by atoms with van der Waals surface area (Å²) >= 11 is 0. The minimum atomic E-state index is -0.240. The fraction of sp³-hybridized carbons (Fsp3) is 0.250. The van der Waals surface area contributed by atoms with Crippen molar-refractivity contribution in [2.45, 2.75) is 0 Å². The second kappa shape index (κ2) is 6.62. The molecule has 0 aliphatic carbocycles. The van der Waals surface area contributed by atoms with Crippen LogP contribution in [-0.4, -0.2) is 35.9 Å². The summed E-state index contributed by atoms with van der Waals surface area (Å²) in [5.41, 5.74) is 6.63. The zero-order valence-electron chi connectivity index (χ0n) is 10.2. The maximum absolute atomic E-state index is 11.6. The van der Waals surface area contributed by atoms with Crippen molar-refractivity contribution in [3.8, 4) is 11.5 Å². The highest BCUT2D eigenvalue weighted by Gasteiger charge is 2.06. The molecule has 100 valence electrons. The van der Waals surface area contributed by atoms with Crippen molar-refractivity contribution in [2.75, 3.05) is 25.1 Å². The Kier molecular flexibility index (Phi) is 4.60. The van der Waals surface area contributed by atoms with Crippen LogP contribution in [-0.2, 0) is 9.53 Å². The molecule has 0 fully saturated rings. The average Bonchev–Trinajstić information content (AvgIpc) is 2.93. The predicted octanol–water partition coefficient (Wildman–Crippen LogP) is 0.650. The Morgan fingerprint density at radius 2 is 2.37 bits per heavy atom. The number of amides is 1. The summed E-state index contributed by atoms with van der Waals surface area (Å²) in [5.74, 6) is 0.159. The van der Waals surface area contributed by atoms with E-state index < -0.39 is 0 Å². The first-order chi connectivity index (χ1) is 9.29. The Balaban J connectivity index is 1.97. The van der Waals surface area contributed by atoms with Gasteiger partial charge < -0.3 is 20.2 Å². The fourth-order valence-electron chi connectivity index (χ4n) is 1.47. The Morgan fingerprint density at radius 3 is 3.11 bits per heavy atom. The van der Waals surface area contributed by atoms with E-state index in [9.17, 15) is 4.79 Å². The number of carbonyl (C=O) groups excluding carboxylic acids is 1. The monoisotopic (exact) mass is 262 g/mol. The van der Waals surface area contributed by atoms with Crippen molar-refractivity contribution in [1.29, 1.82) is 0 Å². The number of rotatable bonds is 6. The number of aromatic nitrogens is 2. The van der Waals surface area contributed by atoms with Crippen LogP contribution >= 0.6 is 0 Å². The van der Waals surface area contributed by atoms with Crippen LogP contribution in [0, 0.1) is 0 Å². The Labute approximate surface area is 109 Å². The lowest BCUT2D eigenvalue weighted by atomic mass is 10.2. The molecule has 7 nitrogen and oxygen atoms in total. The van der Waals surface area contributed by atoms with Gasteiger partial charge in [-0.25, -0.2) is 0 Å². The van der Waals surface area contributed by atoms with E-state index in [1.54, 1.807) is 18.2 Å². The molecule has 0 atom stereocenters. The van der Waals surface area contributed by atoms with Gasteiger partial charge in [-0.3, -0.25) is 4.79 Å². The fourth-order valence-corrected chi connectivity index (χ4v) is 1.47. The van der Waals surface area contributed by atoms with Crippen LogP contribution in [0.3, 0.4) is 0 Å². The van der Waals surface area contributed by atoms with Gasteiger partial charge in [0.2, 0.25) is 18.2 Å². The van der Waals surface area contributed by atoms with Crippen LogP contribution < -0.4 is 11.1 Å². The van der Waals surface area contributed by atoms with Gasteiger partial charge in [0, 0.05) is 17.8 Å². The molecule has 3 N–H and O–H groups in total. The molecule has 0 unspecified atom stereocenters. The molecular formula is C12H14N4O3.